The van der Waals surface area contributed by atoms with Crippen molar-refractivity contribution in [3.8, 4) is 0 Å². The van der Waals surface area contributed by atoms with Crippen LogP contribution in [0, 0.1) is 5.82 Å². The Morgan fingerprint density at radius 2 is 2.17 bits per heavy atom. The van der Waals surface area contributed by atoms with Gasteiger partial charge in [-0.1, -0.05) is 6.07 Å². The highest BCUT2D eigenvalue weighted by atomic mass is 79.9. The molecule has 4 nitrogen and oxygen atoms in total. The molecule has 0 fully saturated rings. The number of nitrogens with zero attached hydrogens (tertiary/aromatic N) is 1. The maximum Gasteiger partial charge on any atom is 0.257 e. The molecule has 0 atom stereocenters. The summed E-state index contributed by atoms with van der Waals surface area (Å²) in [5.41, 5.74) is 6.06. The van der Waals surface area contributed by atoms with Crippen LogP contribution in [0.15, 0.2) is 41.1 Å². The highest BCUT2D eigenvalue weighted by Gasteiger charge is 2.12. The number of amides is 1. The summed E-state index contributed by atoms with van der Waals surface area (Å²) in [4.78, 5) is 15.7. The summed E-state index contributed by atoms with van der Waals surface area (Å²) in [6.45, 7) is 0. The summed E-state index contributed by atoms with van der Waals surface area (Å²) in [7, 11) is 0. The van der Waals surface area contributed by atoms with Crippen LogP contribution < -0.4 is 11.1 Å². The maximum atomic E-state index is 13.5. The van der Waals surface area contributed by atoms with Crippen molar-refractivity contribution in [3.05, 3.63) is 52.5 Å². The number of hydrogen-bond acceptors (Lipinski definition) is 3. The van der Waals surface area contributed by atoms with Crippen LogP contribution in [-0.4, -0.2) is 10.9 Å². The minimum absolute atomic E-state index is 0.0255. The topological polar surface area (TPSA) is 68.0 Å². The van der Waals surface area contributed by atoms with E-state index in [1.807, 2.05) is 0 Å². The van der Waals surface area contributed by atoms with E-state index in [1.165, 1.54) is 24.4 Å². The Hall–Kier alpha value is -1.95. The van der Waals surface area contributed by atoms with Crippen LogP contribution in [0.5, 0.6) is 0 Å². The average molecular weight is 310 g/mol. The van der Waals surface area contributed by atoms with Crippen LogP contribution >= 0.6 is 15.9 Å². The van der Waals surface area contributed by atoms with E-state index in [1.54, 1.807) is 12.3 Å². The summed E-state index contributed by atoms with van der Waals surface area (Å²) in [6.07, 6.45) is 2.94. The lowest BCUT2D eigenvalue weighted by Crippen LogP contribution is -2.14. The van der Waals surface area contributed by atoms with E-state index in [2.05, 4.69) is 26.2 Å². The number of halogens is 2. The van der Waals surface area contributed by atoms with E-state index in [0.717, 1.165) is 0 Å². The second kappa shape index (κ2) is 5.14. The second-order valence-corrected chi connectivity index (χ2v) is 4.47. The number of nitrogen functional groups attached to an aromatic ring is 1. The van der Waals surface area contributed by atoms with Crippen molar-refractivity contribution in [2.24, 2.45) is 0 Å². The lowest BCUT2D eigenvalue weighted by molar-refractivity contribution is 0.102. The number of nitrogens with two attached hydrogens (primary N) is 1. The third-order valence-corrected chi connectivity index (χ3v) is 2.69. The number of pyridine rings is 1. The van der Waals surface area contributed by atoms with Gasteiger partial charge in [-0.2, -0.15) is 0 Å². The van der Waals surface area contributed by atoms with E-state index >= 15 is 0 Å². The number of rotatable bonds is 2. The zero-order chi connectivity index (χ0) is 13.1. The van der Waals surface area contributed by atoms with E-state index in [-0.39, 0.29) is 11.4 Å². The smallest absolute Gasteiger partial charge is 0.257 e. The molecule has 2 aromatic rings. The van der Waals surface area contributed by atoms with Crippen LogP contribution in [0.25, 0.3) is 0 Å². The Kier molecular flexibility index (Phi) is 3.57. The summed E-state index contributed by atoms with van der Waals surface area (Å²) in [5, 5.41) is 2.42. The molecule has 0 spiro atoms. The number of carbonyl (C=O) groups excluding carboxylic acids is 1. The number of aromatic nitrogens is 1. The number of nitrogens with one attached hydrogen (secondary N) is 1. The predicted octanol–water partition coefficient (Wildman–Crippen LogP) is 2.82. The molecule has 2 rings (SSSR count). The Labute approximate surface area is 111 Å². The molecule has 1 aromatic carbocycles. The van der Waals surface area contributed by atoms with Crippen molar-refractivity contribution in [2.45, 2.75) is 0 Å². The summed E-state index contributed by atoms with van der Waals surface area (Å²) in [5.74, 6) is -1.05. The number of benzene rings is 1. The van der Waals surface area contributed by atoms with Gasteiger partial charge >= 0.3 is 0 Å². The fourth-order valence-corrected chi connectivity index (χ4v) is 1.76. The van der Waals surface area contributed by atoms with Crippen molar-refractivity contribution in [1.82, 2.24) is 4.98 Å². The van der Waals surface area contributed by atoms with Gasteiger partial charge in [0.25, 0.3) is 5.91 Å². The number of carbonyl (C=O) groups is 1. The molecule has 1 aromatic heterocycles. The van der Waals surface area contributed by atoms with Gasteiger partial charge in [0.15, 0.2) is 0 Å². The van der Waals surface area contributed by atoms with Crippen LogP contribution in [0.4, 0.5) is 15.8 Å². The van der Waals surface area contributed by atoms with Crippen LogP contribution in [0.2, 0.25) is 0 Å². The summed E-state index contributed by atoms with van der Waals surface area (Å²) < 4.78 is 14.1. The molecule has 0 unspecified atom stereocenters. The SMILES string of the molecule is Nc1cccc(F)c1NC(=O)c1cncc(Br)c1. The number of para-hydroxylation sites is 1. The highest BCUT2D eigenvalue weighted by Crippen LogP contribution is 2.22. The first-order valence-corrected chi connectivity index (χ1v) is 5.83. The molecule has 0 radical (unpaired) electrons. The van der Waals surface area contributed by atoms with Crippen LogP contribution in [-0.2, 0) is 0 Å². The lowest BCUT2D eigenvalue weighted by atomic mass is 10.2. The van der Waals surface area contributed by atoms with Gasteiger partial charge in [0.05, 0.1) is 11.3 Å². The lowest BCUT2D eigenvalue weighted by Gasteiger charge is -2.08. The van der Waals surface area contributed by atoms with Gasteiger partial charge in [-0.3, -0.25) is 9.78 Å². The molecule has 0 saturated carbocycles. The van der Waals surface area contributed by atoms with Crippen LogP contribution in [0.3, 0.4) is 0 Å². The fourth-order valence-electron chi connectivity index (χ4n) is 1.39. The highest BCUT2D eigenvalue weighted by molar-refractivity contribution is 9.10. The molecular formula is C12H9BrFN3O. The van der Waals surface area contributed by atoms with Gasteiger partial charge in [0.1, 0.15) is 11.5 Å². The van der Waals surface area contributed by atoms with Crippen molar-refractivity contribution in [1.29, 1.82) is 0 Å². The molecule has 3 N–H and O–H groups in total. The molecule has 0 saturated heterocycles. The third-order valence-electron chi connectivity index (χ3n) is 2.25. The first-order valence-electron chi connectivity index (χ1n) is 5.04. The van der Waals surface area contributed by atoms with E-state index in [4.69, 9.17) is 5.73 Å². The van der Waals surface area contributed by atoms with Gasteiger partial charge in [-0.05, 0) is 34.1 Å². The van der Waals surface area contributed by atoms with E-state index in [0.29, 0.717) is 10.0 Å². The molecule has 0 bridgehead atoms. The monoisotopic (exact) mass is 309 g/mol. The molecule has 1 amide bonds. The van der Waals surface area contributed by atoms with E-state index in [9.17, 15) is 9.18 Å². The van der Waals surface area contributed by atoms with Gasteiger partial charge in [-0.15, -0.1) is 0 Å². The first kappa shape index (κ1) is 12.5. The van der Waals surface area contributed by atoms with Gasteiger partial charge < -0.3 is 11.1 Å². The standard InChI is InChI=1S/C12H9BrFN3O/c13-8-4-7(5-16-6-8)12(18)17-11-9(14)2-1-3-10(11)15/h1-6H,15H2,(H,17,18). The quantitative estimate of drug-likeness (QED) is 0.838. The third kappa shape index (κ3) is 2.65. The molecule has 92 valence electrons. The molecule has 0 aliphatic rings. The van der Waals surface area contributed by atoms with Crippen molar-refractivity contribution in [2.75, 3.05) is 11.1 Å². The van der Waals surface area contributed by atoms with Gasteiger partial charge in [0, 0.05) is 16.9 Å². The first-order chi connectivity index (χ1) is 8.58. The predicted molar refractivity (Wildman–Crippen MR) is 70.7 cm³/mol. The molecule has 1 heterocycles. The van der Waals surface area contributed by atoms with Crippen LogP contribution in [0.1, 0.15) is 10.4 Å². The normalized spacial score (nSPS) is 10.1. The van der Waals surface area contributed by atoms with Crippen molar-refractivity contribution in [3.63, 3.8) is 0 Å². The van der Waals surface area contributed by atoms with Gasteiger partial charge in [0.2, 0.25) is 0 Å². The maximum absolute atomic E-state index is 13.5. The Morgan fingerprint density at radius 3 is 2.83 bits per heavy atom. The zero-order valence-corrected chi connectivity index (χ0v) is 10.7. The molecular weight excluding hydrogens is 301 g/mol. The van der Waals surface area contributed by atoms with E-state index < -0.39 is 11.7 Å². The van der Waals surface area contributed by atoms with Crippen molar-refractivity contribution < 1.29 is 9.18 Å². The number of hydrogen-bond donors (Lipinski definition) is 2. The Balaban J connectivity index is 2.27. The van der Waals surface area contributed by atoms with Gasteiger partial charge in [-0.25, -0.2) is 4.39 Å². The fraction of sp³-hybridized carbons (Fsp3) is 0. The Morgan fingerprint density at radius 1 is 1.39 bits per heavy atom. The molecule has 0 aliphatic heterocycles. The van der Waals surface area contributed by atoms with Crippen molar-refractivity contribution >= 4 is 33.2 Å². The molecule has 6 heteroatoms. The minimum atomic E-state index is -0.577. The summed E-state index contributed by atoms with van der Waals surface area (Å²) in [6, 6.07) is 5.79. The molecule has 0 aliphatic carbocycles. The minimum Gasteiger partial charge on any atom is -0.397 e. The summed E-state index contributed by atoms with van der Waals surface area (Å²) >= 11 is 3.20. The second-order valence-electron chi connectivity index (χ2n) is 3.55. The zero-order valence-electron chi connectivity index (χ0n) is 9.15. The number of anilines is 2. The largest absolute Gasteiger partial charge is 0.397 e. The average Bonchev–Trinajstić information content (AvgIpc) is 2.34. The Bertz CT molecular complexity index is 583. The molecule has 18 heavy (non-hydrogen) atoms.